The van der Waals surface area contributed by atoms with E-state index in [2.05, 4.69) is 57.3 Å². The Morgan fingerprint density at radius 1 is 1.24 bits per heavy atom. The van der Waals surface area contributed by atoms with Crippen LogP contribution in [-0.4, -0.2) is 12.6 Å². The van der Waals surface area contributed by atoms with Crippen LogP contribution in [0.4, 0.5) is 0 Å². The summed E-state index contributed by atoms with van der Waals surface area (Å²) in [6.07, 6.45) is 6.42. The highest BCUT2D eigenvalue weighted by Crippen LogP contribution is 2.36. The molecule has 1 aromatic rings. The fourth-order valence-electron chi connectivity index (χ4n) is 3.27. The molecule has 2 nitrogen and oxygen atoms in total. The van der Waals surface area contributed by atoms with Crippen LogP contribution in [0.25, 0.3) is 0 Å². The van der Waals surface area contributed by atoms with Gasteiger partial charge in [-0.3, -0.25) is 0 Å². The summed E-state index contributed by atoms with van der Waals surface area (Å²) in [5.41, 5.74) is 1.76. The molecule has 21 heavy (non-hydrogen) atoms. The number of hydrogen-bond donors (Lipinski definition) is 1. The standard InChI is InChI=1S/C19H31NO/c1-5-14-21-17-11-9-16(10-12-17)15(2)20-18-8-6-7-13-19(18,3)4/h9-12,15,18,20H,5-8,13-14H2,1-4H3. The van der Waals surface area contributed by atoms with Crippen molar-refractivity contribution < 1.29 is 4.74 Å². The van der Waals surface area contributed by atoms with Crippen LogP contribution in [0.1, 0.15) is 71.4 Å². The Morgan fingerprint density at radius 2 is 1.95 bits per heavy atom. The molecule has 1 aliphatic rings. The Morgan fingerprint density at radius 3 is 2.57 bits per heavy atom. The second kappa shape index (κ2) is 7.31. The molecule has 1 aliphatic carbocycles. The molecule has 0 aliphatic heterocycles. The molecule has 0 radical (unpaired) electrons. The molecular weight excluding hydrogens is 258 g/mol. The quantitative estimate of drug-likeness (QED) is 0.787. The normalized spacial score (nSPS) is 22.8. The van der Waals surface area contributed by atoms with Crippen LogP contribution >= 0.6 is 0 Å². The molecule has 0 spiro atoms. The molecule has 0 aromatic heterocycles. The fourth-order valence-corrected chi connectivity index (χ4v) is 3.27. The van der Waals surface area contributed by atoms with Crippen molar-refractivity contribution in [2.24, 2.45) is 5.41 Å². The third-order valence-corrected chi connectivity index (χ3v) is 4.81. The van der Waals surface area contributed by atoms with Gasteiger partial charge in [0.2, 0.25) is 0 Å². The van der Waals surface area contributed by atoms with Crippen LogP contribution in [0.5, 0.6) is 5.75 Å². The van der Waals surface area contributed by atoms with E-state index in [9.17, 15) is 0 Å². The number of hydrogen-bond acceptors (Lipinski definition) is 2. The van der Waals surface area contributed by atoms with Gasteiger partial charge in [-0.2, -0.15) is 0 Å². The average molecular weight is 289 g/mol. The van der Waals surface area contributed by atoms with E-state index in [0.29, 0.717) is 17.5 Å². The van der Waals surface area contributed by atoms with E-state index in [-0.39, 0.29) is 0 Å². The minimum absolute atomic E-state index is 0.396. The third-order valence-electron chi connectivity index (χ3n) is 4.81. The first-order chi connectivity index (χ1) is 10.0. The lowest BCUT2D eigenvalue weighted by Crippen LogP contribution is -2.45. The van der Waals surface area contributed by atoms with Crippen molar-refractivity contribution in [1.82, 2.24) is 5.32 Å². The summed E-state index contributed by atoms with van der Waals surface area (Å²) in [4.78, 5) is 0. The topological polar surface area (TPSA) is 21.3 Å². The van der Waals surface area contributed by atoms with Gasteiger partial charge in [-0.1, -0.05) is 45.7 Å². The first kappa shape index (κ1) is 16.4. The van der Waals surface area contributed by atoms with Gasteiger partial charge in [0.15, 0.2) is 0 Å². The Bertz CT molecular complexity index is 424. The summed E-state index contributed by atoms with van der Waals surface area (Å²) in [5, 5.41) is 3.85. The minimum atomic E-state index is 0.396. The molecular formula is C19H31NO. The predicted octanol–water partition coefficient (Wildman–Crippen LogP) is 5.09. The first-order valence-corrected chi connectivity index (χ1v) is 8.52. The van der Waals surface area contributed by atoms with Crippen LogP contribution in [-0.2, 0) is 0 Å². The van der Waals surface area contributed by atoms with Gasteiger partial charge < -0.3 is 10.1 Å². The summed E-state index contributed by atoms with van der Waals surface area (Å²) < 4.78 is 5.65. The molecule has 2 atom stereocenters. The van der Waals surface area contributed by atoms with Crippen molar-refractivity contribution in [3.8, 4) is 5.75 Å². The highest BCUT2D eigenvalue weighted by molar-refractivity contribution is 5.29. The largest absolute Gasteiger partial charge is 0.494 e. The van der Waals surface area contributed by atoms with Gasteiger partial charge in [-0.15, -0.1) is 0 Å². The number of nitrogens with one attached hydrogen (secondary N) is 1. The highest BCUT2D eigenvalue weighted by Gasteiger charge is 2.32. The number of benzene rings is 1. The summed E-state index contributed by atoms with van der Waals surface area (Å²) in [5.74, 6) is 0.978. The average Bonchev–Trinajstić information content (AvgIpc) is 2.47. The van der Waals surface area contributed by atoms with Gasteiger partial charge in [-0.05, 0) is 49.3 Å². The highest BCUT2D eigenvalue weighted by atomic mass is 16.5. The summed E-state index contributed by atoms with van der Waals surface area (Å²) in [6.45, 7) is 10.00. The molecule has 0 heterocycles. The summed E-state index contributed by atoms with van der Waals surface area (Å²) >= 11 is 0. The van der Waals surface area contributed by atoms with Crippen LogP contribution < -0.4 is 10.1 Å². The van der Waals surface area contributed by atoms with Crippen molar-refractivity contribution in [2.75, 3.05) is 6.61 Å². The molecule has 0 saturated heterocycles. The zero-order chi connectivity index (χ0) is 15.3. The third kappa shape index (κ3) is 4.47. The van der Waals surface area contributed by atoms with E-state index >= 15 is 0 Å². The van der Waals surface area contributed by atoms with Crippen LogP contribution in [0.2, 0.25) is 0 Å². The minimum Gasteiger partial charge on any atom is -0.494 e. The maximum absolute atomic E-state index is 5.65. The molecule has 2 unspecified atom stereocenters. The van der Waals surface area contributed by atoms with Crippen molar-refractivity contribution in [1.29, 1.82) is 0 Å². The SMILES string of the molecule is CCCOc1ccc(C(C)NC2CCCCC2(C)C)cc1. The molecule has 1 saturated carbocycles. The van der Waals surface area contributed by atoms with Gasteiger partial charge >= 0.3 is 0 Å². The van der Waals surface area contributed by atoms with Gasteiger partial charge in [0, 0.05) is 12.1 Å². The second-order valence-corrected chi connectivity index (χ2v) is 7.09. The van der Waals surface area contributed by atoms with Gasteiger partial charge in [0.25, 0.3) is 0 Å². The van der Waals surface area contributed by atoms with Crippen molar-refractivity contribution in [3.05, 3.63) is 29.8 Å². The van der Waals surface area contributed by atoms with Crippen molar-refractivity contribution in [3.63, 3.8) is 0 Å². The monoisotopic (exact) mass is 289 g/mol. The molecule has 118 valence electrons. The van der Waals surface area contributed by atoms with Crippen molar-refractivity contribution >= 4 is 0 Å². The zero-order valence-corrected chi connectivity index (χ0v) is 14.1. The maximum atomic E-state index is 5.65. The van der Waals surface area contributed by atoms with Gasteiger partial charge in [-0.25, -0.2) is 0 Å². The Balaban J connectivity index is 1.94. The molecule has 1 fully saturated rings. The Kier molecular flexibility index (Phi) is 5.69. The maximum Gasteiger partial charge on any atom is 0.119 e. The van der Waals surface area contributed by atoms with E-state index in [1.54, 1.807) is 0 Å². The second-order valence-electron chi connectivity index (χ2n) is 7.09. The number of ether oxygens (including phenoxy) is 1. The zero-order valence-electron chi connectivity index (χ0n) is 14.1. The lowest BCUT2D eigenvalue weighted by atomic mass is 9.73. The Hall–Kier alpha value is -1.02. The van der Waals surface area contributed by atoms with E-state index in [4.69, 9.17) is 4.74 Å². The Labute approximate surface area is 130 Å². The van der Waals surface area contributed by atoms with E-state index in [0.717, 1.165) is 18.8 Å². The smallest absolute Gasteiger partial charge is 0.119 e. The number of rotatable bonds is 6. The summed E-state index contributed by atoms with van der Waals surface area (Å²) in [7, 11) is 0. The van der Waals surface area contributed by atoms with E-state index in [1.807, 2.05) is 0 Å². The van der Waals surface area contributed by atoms with Crippen LogP contribution in [0, 0.1) is 5.41 Å². The first-order valence-electron chi connectivity index (χ1n) is 8.52. The molecule has 2 heteroatoms. The van der Waals surface area contributed by atoms with Crippen LogP contribution in [0.3, 0.4) is 0 Å². The lowest BCUT2D eigenvalue weighted by molar-refractivity contribution is 0.157. The fraction of sp³-hybridized carbons (Fsp3) is 0.684. The van der Waals surface area contributed by atoms with E-state index in [1.165, 1.54) is 31.2 Å². The molecule has 2 rings (SSSR count). The van der Waals surface area contributed by atoms with Crippen LogP contribution in [0.15, 0.2) is 24.3 Å². The molecule has 0 amide bonds. The van der Waals surface area contributed by atoms with Gasteiger partial charge in [0.1, 0.15) is 5.75 Å². The molecule has 0 bridgehead atoms. The van der Waals surface area contributed by atoms with Crippen molar-refractivity contribution in [2.45, 2.75) is 71.9 Å². The summed E-state index contributed by atoms with van der Waals surface area (Å²) in [6, 6.07) is 9.59. The predicted molar refractivity (Wildman–Crippen MR) is 89.8 cm³/mol. The van der Waals surface area contributed by atoms with Gasteiger partial charge in [0.05, 0.1) is 6.61 Å². The lowest BCUT2D eigenvalue weighted by Gasteiger charge is -2.40. The molecule has 1 aromatic carbocycles. The van der Waals surface area contributed by atoms with E-state index < -0.39 is 0 Å². The molecule has 1 N–H and O–H groups in total.